The summed E-state index contributed by atoms with van der Waals surface area (Å²) in [7, 11) is 0. The number of nitro groups is 1. The maximum absolute atomic E-state index is 11.9. The summed E-state index contributed by atoms with van der Waals surface area (Å²) in [5.74, 6) is -1.22. The molecule has 0 fully saturated rings. The van der Waals surface area contributed by atoms with Gasteiger partial charge in [0.05, 0.1) is 5.56 Å². The Bertz CT molecular complexity index is 528. The molecular formula is C13H17N3O4. The average molecular weight is 279 g/mol. The van der Waals surface area contributed by atoms with Gasteiger partial charge in [0, 0.05) is 12.5 Å². The van der Waals surface area contributed by atoms with Gasteiger partial charge >= 0.3 is 5.82 Å². The lowest BCUT2D eigenvalue weighted by atomic mass is 10.1. The molecule has 0 aromatic carbocycles. The molecule has 0 aliphatic heterocycles. The van der Waals surface area contributed by atoms with Crippen LogP contribution in [0.1, 0.15) is 49.0 Å². The third-order valence-corrected chi connectivity index (χ3v) is 2.80. The number of amides is 2. The summed E-state index contributed by atoms with van der Waals surface area (Å²) in [4.78, 5) is 37.1. The molecule has 0 aliphatic carbocycles. The molecule has 7 nitrogen and oxygen atoms in total. The first kappa shape index (κ1) is 15.7. The van der Waals surface area contributed by atoms with Crippen LogP contribution in [-0.4, -0.2) is 21.7 Å². The van der Waals surface area contributed by atoms with E-state index in [2.05, 4.69) is 10.3 Å². The number of imide groups is 1. The van der Waals surface area contributed by atoms with Gasteiger partial charge in [-0.1, -0.05) is 20.3 Å². The fraction of sp³-hybridized carbons (Fsp3) is 0.462. The lowest BCUT2D eigenvalue weighted by molar-refractivity contribution is -0.389. The van der Waals surface area contributed by atoms with Crippen molar-refractivity contribution in [1.82, 2.24) is 10.3 Å². The number of aryl methyl sites for hydroxylation is 1. The van der Waals surface area contributed by atoms with Gasteiger partial charge in [-0.25, -0.2) is 0 Å². The fourth-order valence-corrected chi connectivity index (χ4v) is 1.68. The van der Waals surface area contributed by atoms with Crippen LogP contribution in [0, 0.1) is 10.1 Å². The molecule has 0 atom stereocenters. The van der Waals surface area contributed by atoms with Crippen molar-refractivity contribution in [3.63, 3.8) is 0 Å². The second-order valence-corrected chi connectivity index (χ2v) is 4.29. The van der Waals surface area contributed by atoms with Crippen LogP contribution in [0.25, 0.3) is 0 Å². The van der Waals surface area contributed by atoms with Crippen LogP contribution in [0.15, 0.2) is 12.3 Å². The second kappa shape index (κ2) is 7.32. The molecule has 0 radical (unpaired) electrons. The Kier molecular flexibility index (Phi) is 5.76. The molecule has 0 bridgehead atoms. The molecule has 1 aromatic heterocycles. The minimum Gasteiger partial charge on any atom is -0.358 e. The van der Waals surface area contributed by atoms with Gasteiger partial charge in [-0.3, -0.25) is 14.9 Å². The van der Waals surface area contributed by atoms with Crippen molar-refractivity contribution in [3.05, 3.63) is 33.5 Å². The van der Waals surface area contributed by atoms with Crippen LogP contribution < -0.4 is 5.32 Å². The van der Waals surface area contributed by atoms with Crippen molar-refractivity contribution < 1.29 is 14.5 Å². The second-order valence-electron chi connectivity index (χ2n) is 4.29. The smallest absolute Gasteiger partial charge is 0.358 e. The Morgan fingerprint density at radius 2 is 2.10 bits per heavy atom. The van der Waals surface area contributed by atoms with E-state index in [1.54, 1.807) is 6.92 Å². The fourth-order valence-electron chi connectivity index (χ4n) is 1.68. The van der Waals surface area contributed by atoms with Crippen LogP contribution in [0.5, 0.6) is 0 Å². The normalized spacial score (nSPS) is 10.1. The molecular weight excluding hydrogens is 262 g/mol. The summed E-state index contributed by atoms with van der Waals surface area (Å²) in [5.41, 5.74) is 0.690. The lowest BCUT2D eigenvalue weighted by Gasteiger charge is -2.06. The summed E-state index contributed by atoms with van der Waals surface area (Å²) in [5, 5.41) is 12.9. The standard InChI is InChI=1S/C13H17N3O4/c1-3-5-6-12(17)15-13(18)10-8-14-11(16(19)20)7-9(10)4-2/h7-8H,3-6H2,1-2H3,(H,15,17,18). The number of nitrogens with zero attached hydrogens (tertiary/aromatic N) is 2. The van der Waals surface area contributed by atoms with Crippen molar-refractivity contribution >= 4 is 17.6 Å². The molecule has 1 rings (SSSR count). The predicted octanol–water partition coefficient (Wildman–Crippen LogP) is 2.00. The number of pyridine rings is 1. The summed E-state index contributed by atoms with van der Waals surface area (Å²) in [6, 6.07) is 1.26. The van der Waals surface area contributed by atoms with E-state index in [0.717, 1.165) is 12.6 Å². The largest absolute Gasteiger partial charge is 0.363 e. The van der Waals surface area contributed by atoms with Crippen LogP contribution in [0.2, 0.25) is 0 Å². The quantitative estimate of drug-likeness (QED) is 0.633. The molecule has 20 heavy (non-hydrogen) atoms. The van der Waals surface area contributed by atoms with E-state index >= 15 is 0 Å². The summed E-state index contributed by atoms with van der Waals surface area (Å²) < 4.78 is 0. The molecule has 0 aliphatic rings. The van der Waals surface area contributed by atoms with Crippen molar-refractivity contribution in [2.75, 3.05) is 0 Å². The number of rotatable bonds is 6. The van der Waals surface area contributed by atoms with Gasteiger partial charge in [-0.2, -0.15) is 0 Å². The highest BCUT2D eigenvalue weighted by molar-refractivity contribution is 6.05. The monoisotopic (exact) mass is 279 g/mol. The van der Waals surface area contributed by atoms with Gasteiger partial charge < -0.3 is 10.1 Å². The zero-order valence-corrected chi connectivity index (χ0v) is 11.5. The lowest BCUT2D eigenvalue weighted by Crippen LogP contribution is -2.31. The number of nitrogens with one attached hydrogen (secondary N) is 1. The van der Waals surface area contributed by atoms with Crippen molar-refractivity contribution in [2.45, 2.75) is 39.5 Å². The van der Waals surface area contributed by atoms with E-state index in [-0.39, 0.29) is 23.7 Å². The third kappa shape index (κ3) is 4.11. The predicted molar refractivity (Wildman–Crippen MR) is 72.3 cm³/mol. The van der Waals surface area contributed by atoms with Gasteiger partial charge in [0.25, 0.3) is 5.91 Å². The minimum absolute atomic E-state index is 0.197. The molecule has 2 amide bonds. The Morgan fingerprint density at radius 1 is 1.40 bits per heavy atom. The molecule has 0 saturated carbocycles. The maximum atomic E-state index is 11.9. The Balaban J connectivity index is 2.87. The van der Waals surface area contributed by atoms with E-state index in [9.17, 15) is 19.7 Å². The molecule has 0 saturated heterocycles. The van der Waals surface area contributed by atoms with Gasteiger partial charge in [-0.05, 0) is 28.3 Å². The zero-order valence-electron chi connectivity index (χ0n) is 11.5. The number of hydrogen-bond donors (Lipinski definition) is 1. The zero-order chi connectivity index (χ0) is 15.1. The van der Waals surface area contributed by atoms with Gasteiger partial charge in [0.15, 0.2) is 6.20 Å². The molecule has 108 valence electrons. The van der Waals surface area contributed by atoms with Crippen molar-refractivity contribution in [3.8, 4) is 0 Å². The number of carbonyl (C=O) groups excluding carboxylic acids is 2. The Morgan fingerprint density at radius 3 is 2.65 bits per heavy atom. The molecule has 1 aromatic rings. The van der Waals surface area contributed by atoms with E-state index in [1.807, 2.05) is 6.92 Å². The van der Waals surface area contributed by atoms with Crippen LogP contribution in [-0.2, 0) is 11.2 Å². The van der Waals surface area contributed by atoms with E-state index in [1.165, 1.54) is 6.07 Å². The number of unbranched alkanes of at least 4 members (excludes halogenated alkanes) is 1. The van der Waals surface area contributed by atoms with Gasteiger partial charge in [0.1, 0.15) is 0 Å². The maximum Gasteiger partial charge on any atom is 0.363 e. The highest BCUT2D eigenvalue weighted by atomic mass is 16.6. The van der Waals surface area contributed by atoms with Crippen LogP contribution >= 0.6 is 0 Å². The summed E-state index contributed by atoms with van der Waals surface area (Å²) >= 11 is 0. The average Bonchev–Trinajstić information content (AvgIpc) is 2.44. The first-order valence-electron chi connectivity index (χ1n) is 6.47. The molecule has 0 unspecified atom stereocenters. The van der Waals surface area contributed by atoms with Crippen molar-refractivity contribution in [2.24, 2.45) is 0 Å². The minimum atomic E-state index is -0.618. The number of hydrogen-bond acceptors (Lipinski definition) is 5. The SMILES string of the molecule is CCCCC(=O)NC(=O)c1cnc([N+](=O)[O-])cc1CC. The van der Waals surface area contributed by atoms with Gasteiger partial charge in [-0.15, -0.1) is 0 Å². The molecule has 0 spiro atoms. The third-order valence-electron chi connectivity index (χ3n) is 2.80. The Labute approximate surface area is 116 Å². The highest BCUT2D eigenvalue weighted by Gasteiger charge is 2.19. The molecule has 7 heteroatoms. The first-order valence-corrected chi connectivity index (χ1v) is 6.47. The van der Waals surface area contributed by atoms with Crippen molar-refractivity contribution in [1.29, 1.82) is 0 Å². The molecule has 1 heterocycles. The van der Waals surface area contributed by atoms with E-state index in [0.29, 0.717) is 18.4 Å². The summed E-state index contributed by atoms with van der Waals surface area (Å²) in [6.45, 7) is 3.72. The van der Waals surface area contributed by atoms with Crippen LogP contribution in [0.3, 0.4) is 0 Å². The highest BCUT2D eigenvalue weighted by Crippen LogP contribution is 2.15. The Hall–Kier alpha value is -2.31. The van der Waals surface area contributed by atoms with Gasteiger partial charge in [0.2, 0.25) is 5.91 Å². The van der Waals surface area contributed by atoms with E-state index < -0.39 is 10.8 Å². The number of carbonyl (C=O) groups is 2. The van der Waals surface area contributed by atoms with E-state index in [4.69, 9.17) is 0 Å². The number of aromatic nitrogens is 1. The molecule has 1 N–H and O–H groups in total. The first-order chi connectivity index (χ1) is 9.49. The topological polar surface area (TPSA) is 102 Å². The van der Waals surface area contributed by atoms with Crippen LogP contribution in [0.4, 0.5) is 5.82 Å². The summed E-state index contributed by atoms with van der Waals surface area (Å²) in [6.07, 6.45) is 3.43.